The number of aromatic nitrogens is 5. The summed E-state index contributed by atoms with van der Waals surface area (Å²) >= 11 is 1.38. The van der Waals surface area contributed by atoms with Gasteiger partial charge in [0, 0.05) is 43.8 Å². The number of methoxy groups -OCH3 is 2. The number of nitrogens with zero attached hydrogens (tertiary/aromatic N) is 6. The lowest BCUT2D eigenvalue weighted by molar-refractivity contribution is 0.0925. The molecule has 1 unspecified atom stereocenters. The molecule has 0 spiro atoms. The summed E-state index contributed by atoms with van der Waals surface area (Å²) in [5, 5.41) is 13.0. The summed E-state index contributed by atoms with van der Waals surface area (Å²) in [5.41, 5.74) is 1.36. The SMILES string of the molecule is COc1cc(N2CCc3nc(NC(=O)Nc4cn(C)nc4C(=O)NC4CCOC4)sc3C2)nc(OC)n1. The van der Waals surface area contributed by atoms with Gasteiger partial charge < -0.3 is 29.7 Å². The normalized spacial score (nSPS) is 16.7. The van der Waals surface area contributed by atoms with Gasteiger partial charge in [0.1, 0.15) is 5.82 Å². The van der Waals surface area contributed by atoms with Gasteiger partial charge >= 0.3 is 12.0 Å². The molecule has 15 heteroatoms. The first-order valence-electron chi connectivity index (χ1n) is 11.6. The van der Waals surface area contributed by atoms with E-state index in [-0.39, 0.29) is 23.7 Å². The molecule has 3 N–H and O–H groups in total. The fraction of sp³-hybridized carbons (Fsp3) is 0.455. The van der Waals surface area contributed by atoms with Crippen LogP contribution in [0.1, 0.15) is 27.5 Å². The van der Waals surface area contributed by atoms with Crippen LogP contribution in [0.4, 0.5) is 21.4 Å². The van der Waals surface area contributed by atoms with E-state index in [9.17, 15) is 9.59 Å². The van der Waals surface area contributed by atoms with E-state index in [1.54, 1.807) is 19.3 Å². The number of carbonyl (C=O) groups is 2. The van der Waals surface area contributed by atoms with Crippen molar-refractivity contribution in [3.63, 3.8) is 0 Å². The molecule has 0 aromatic carbocycles. The molecular formula is C22H27N9O5S. The predicted octanol–water partition coefficient (Wildman–Crippen LogP) is 1.41. The molecule has 0 saturated carbocycles. The Morgan fingerprint density at radius 1 is 1.19 bits per heavy atom. The summed E-state index contributed by atoms with van der Waals surface area (Å²) in [5.74, 6) is 0.728. The van der Waals surface area contributed by atoms with E-state index in [0.29, 0.717) is 55.2 Å². The van der Waals surface area contributed by atoms with Gasteiger partial charge in [-0.1, -0.05) is 11.3 Å². The van der Waals surface area contributed by atoms with Crippen LogP contribution in [0.15, 0.2) is 12.3 Å². The zero-order chi connectivity index (χ0) is 25.9. The number of hydrogen-bond acceptors (Lipinski definition) is 11. The van der Waals surface area contributed by atoms with Crippen molar-refractivity contribution in [1.29, 1.82) is 0 Å². The number of nitrogens with one attached hydrogen (secondary N) is 3. The van der Waals surface area contributed by atoms with Crippen LogP contribution in [0.3, 0.4) is 0 Å². The molecule has 0 bridgehead atoms. The topological polar surface area (TPSA) is 158 Å². The van der Waals surface area contributed by atoms with Crippen LogP contribution in [0, 0.1) is 0 Å². The van der Waals surface area contributed by atoms with Gasteiger partial charge in [-0.25, -0.2) is 9.78 Å². The number of urea groups is 1. The molecule has 1 atom stereocenters. The molecule has 3 amide bonds. The molecule has 5 heterocycles. The standard InChI is InChI=1S/C22H27N9O5S/c1-30-9-14(18(29-30)19(32)23-12-5-7-36-11-12)24-20(33)28-22-25-13-4-6-31(10-15(13)37-22)16-8-17(34-2)27-21(26-16)35-3/h8-9,12H,4-7,10-11H2,1-3H3,(H,23,32)(H2,24,25,28,33). The maximum absolute atomic E-state index is 12.8. The van der Waals surface area contributed by atoms with E-state index in [4.69, 9.17) is 14.2 Å². The molecule has 0 aliphatic carbocycles. The third-order valence-corrected chi connectivity index (χ3v) is 6.89. The zero-order valence-electron chi connectivity index (χ0n) is 20.6. The maximum atomic E-state index is 12.8. The Hall–Kier alpha value is -3.98. The Morgan fingerprint density at radius 3 is 2.81 bits per heavy atom. The molecule has 196 valence electrons. The monoisotopic (exact) mass is 529 g/mol. The zero-order valence-corrected chi connectivity index (χ0v) is 21.4. The van der Waals surface area contributed by atoms with Crippen molar-refractivity contribution in [1.82, 2.24) is 30.0 Å². The minimum Gasteiger partial charge on any atom is -0.481 e. The van der Waals surface area contributed by atoms with Crippen LogP contribution in [-0.2, 0) is 24.8 Å². The van der Waals surface area contributed by atoms with Crippen molar-refractivity contribution in [3.8, 4) is 11.9 Å². The Kier molecular flexibility index (Phi) is 7.05. The second kappa shape index (κ2) is 10.6. The summed E-state index contributed by atoms with van der Waals surface area (Å²) in [6.45, 7) is 2.33. The molecule has 1 saturated heterocycles. The summed E-state index contributed by atoms with van der Waals surface area (Å²) in [4.78, 5) is 41.7. The third-order valence-electron chi connectivity index (χ3n) is 5.89. The average molecular weight is 530 g/mol. The number of aryl methyl sites for hydroxylation is 1. The Bertz CT molecular complexity index is 1280. The van der Waals surface area contributed by atoms with E-state index in [2.05, 4.69) is 40.9 Å². The Labute approximate surface area is 216 Å². The number of rotatable bonds is 7. The number of thiazole rings is 1. The summed E-state index contributed by atoms with van der Waals surface area (Å²) in [6, 6.07) is 1.40. The van der Waals surface area contributed by atoms with E-state index in [1.165, 1.54) is 30.2 Å². The maximum Gasteiger partial charge on any atom is 0.325 e. The van der Waals surface area contributed by atoms with Crippen LogP contribution in [-0.4, -0.2) is 76.7 Å². The minimum atomic E-state index is -0.514. The molecule has 1 fully saturated rings. The van der Waals surface area contributed by atoms with Crippen LogP contribution in [0.25, 0.3) is 0 Å². The highest BCUT2D eigenvalue weighted by Crippen LogP contribution is 2.31. The molecule has 37 heavy (non-hydrogen) atoms. The van der Waals surface area contributed by atoms with Gasteiger partial charge in [-0.15, -0.1) is 0 Å². The second-order valence-corrected chi connectivity index (χ2v) is 9.58. The Morgan fingerprint density at radius 2 is 2.05 bits per heavy atom. The van der Waals surface area contributed by atoms with Crippen molar-refractivity contribution in [3.05, 3.63) is 28.5 Å². The third kappa shape index (κ3) is 5.56. The molecule has 3 aromatic heterocycles. The number of hydrogen-bond donors (Lipinski definition) is 3. The van der Waals surface area contributed by atoms with Crippen molar-refractivity contribution in [2.75, 3.05) is 49.5 Å². The van der Waals surface area contributed by atoms with Crippen LogP contribution >= 0.6 is 11.3 Å². The number of fused-ring (bicyclic) bond motifs is 1. The van der Waals surface area contributed by atoms with Crippen molar-refractivity contribution in [2.24, 2.45) is 7.05 Å². The smallest absolute Gasteiger partial charge is 0.325 e. The first kappa shape index (κ1) is 24.7. The van der Waals surface area contributed by atoms with E-state index in [1.807, 2.05) is 0 Å². The lowest BCUT2D eigenvalue weighted by Crippen LogP contribution is -2.36. The molecule has 3 aromatic rings. The van der Waals surface area contributed by atoms with Gasteiger partial charge in [-0.05, 0) is 6.42 Å². The minimum absolute atomic E-state index is 0.0677. The van der Waals surface area contributed by atoms with Crippen molar-refractivity contribution < 1.29 is 23.8 Å². The largest absolute Gasteiger partial charge is 0.481 e. The first-order chi connectivity index (χ1) is 17.9. The molecule has 2 aliphatic rings. The average Bonchev–Trinajstić information content (AvgIpc) is 3.63. The Balaban J connectivity index is 1.24. The second-order valence-electron chi connectivity index (χ2n) is 8.49. The van der Waals surface area contributed by atoms with Gasteiger partial charge in [0.2, 0.25) is 5.88 Å². The fourth-order valence-corrected chi connectivity index (χ4v) is 5.11. The summed E-state index contributed by atoms with van der Waals surface area (Å²) in [6.07, 6.45) is 3.00. The van der Waals surface area contributed by atoms with E-state index < -0.39 is 6.03 Å². The van der Waals surface area contributed by atoms with Crippen LogP contribution < -0.4 is 30.3 Å². The van der Waals surface area contributed by atoms with Crippen molar-refractivity contribution >= 4 is 39.9 Å². The van der Waals surface area contributed by atoms with Gasteiger partial charge in [-0.2, -0.15) is 15.1 Å². The van der Waals surface area contributed by atoms with Gasteiger partial charge in [0.05, 0.1) is 44.8 Å². The van der Waals surface area contributed by atoms with Gasteiger partial charge in [-0.3, -0.25) is 14.8 Å². The number of carbonyl (C=O) groups excluding carboxylic acids is 2. The highest BCUT2D eigenvalue weighted by atomic mass is 32.1. The van der Waals surface area contributed by atoms with Crippen LogP contribution in [0.2, 0.25) is 0 Å². The van der Waals surface area contributed by atoms with E-state index in [0.717, 1.165) is 17.0 Å². The molecule has 2 aliphatic heterocycles. The molecule has 0 radical (unpaired) electrons. The predicted molar refractivity (Wildman–Crippen MR) is 135 cm³/mol. The number of amides is 3. The highest BCUT2D eigenvalue weighted by molar-refractivity contribution is 7.15. The highest BCUT2D eigenvalue weighted by Gasteiger charge is 2.25. The molecule has 5 rings (SSSR count). The van der Waals surface area contributed by atoms with Crippen LogP contribution in [0.5, 0.6) is 11.9 Å². The lowest BCUT2D eigenvalue weighted by Gasteiger charge is -2.27. The van der Waals surface area contributed by atoms with Crippen molar-refractivity contribution in [2.45, 2.75) is 25.4 Å². The number of ether oxygens (including phenoxy) is 3. The molecule has 14 nitrogen and oxygen atoms in total. The number of anilines is 3. The van der Waals surface area contributed by atoms with Gasteiger partial charge in [0.25, 0.3) is 5.91 Å². The summed E-state index contributed by atoms with van der Waals surface area (Å²) in [7, 11) is 4.73. The molecular weight excluding hydrogens is 502 g/mol. The summed E-state index contributed by atoms with van der Waals surface area (Å²) < 4.78 is 17.2. The first-order valence-corrected chi connectivity index (χ1v) is 12.4. The lowest BCUT2D eigenvalue weighted by atomic mass is 10.2. The van der Waals surface area contributed by atoms with E-state index >= 15 is 0 Å². The quantitative estimate of drug-likeness (QED) is 0.409. The van der Waals surface area contributed by atoms with Gasteiger partial charge in [0.15, 0.2) is 10.8 Å². The fourth-order valence-electron chi connectivity index (χ4n) is 4.10.